The number of Topliss-reactive ketones (excluding diaryl/α,β-unsaturated/α-hetero) is 1. The minimum atomic E-state index is -0.984. The number of carbonyl (C=O) groups excluding carboxylic acids is 4. The summed E-state index contributed by atoms with van der Waals surface area (Å²) in [6, 6.07) is 5.60. The fourth-order valence-electron chi connectivity index (χ4n) is 7.20. The number of likely N-dealkylation sites (tertiary alicyclic amines) is 1. The second-order valence-corrected chi connectivity index (χ2v) is 11.9. The highest BCUT2D eigenvalue weighted by molar-refractivity contribution is 6.02. The van der Waals surface area contributed by atoms with Crippen LogP contribution in [-0.4, -0.2) is 77.4 Å². The zero-order valence-electron chi connectivity index (χ0n) is 22.2. The molecule has 3 amide bonds. The van der Waals surface area contributed by atoms with Gasteiger partial charge in [0.2, 0.25) is 11.8 Å². The lowest BCUT2D eigenvalue weighted by Gasteiger charge is -2.32. The fourth-order valence-corrected chi connectivity index (χ4v) is 7.20. The number of hydrogen-bond acceptors (Lipinski definition) is 6. The van der Waals surface area contributed by atoms with Crippen LogP contribution in [0.25, 0.3) is 10.9 Å². The van der Waals surface area contributed by atoms with E-state index in [9.17, 15) is 24.3 Å². The first-order chi connectivity index (χ1) is 18.8. The van der Waals surface area contributed by atoms with E-state index in [0.717, 1.165) is 43.0 Å². The number of ketones is 1. The van der Waals surface area contributed by atoms with Crippen molar-refractivity contribution in [1.29, 1.82) is 0 Å². The molecule has 4 fully saturated rings. The van der Waals surface area contributed by atoms with Gasteiger partial charge in [-0.3, -0.25) is 19.2 Å². The van der Waals surface area contributed by atoms with Gasteiger partial charge in [0.25, 0.3) is 5.91 Å². The Morgan fingerprint density at radius 2 is 2.08 bits per heavy atom. The van der Waals surface area contributed by atoms with Gasteiger partial charge in [0.15, 0.2) is 5.78 Å². The summed E-state index contributed by atoms with van der Waals surface area (Å²) in [4.78, 5) is 57.8. The van der Waals surface area contributed by atoms with Crippen molar-refractivity contribution in [2.75, 3.05) is 26.8 Å². The first kappa shape index (κ1) is 25.9. The largest absolute Gasteiger partial charge is 0.496 e. The van der Waals surface area contributed by atoms with Gasteiger partial charge < -0.3 is 30.4 Å². The maximum absolute atomic E-state index is 13.8. The Balaban J connectivity index is 1.23. The Morgan fingerprint density at radius 1 is 1.26 bits per heavy atom. The van der Waals surface area contributed by atoms with Crippen LogP contribution in [-0.2, 0) is 14.4 Å². The molecule has 1 aromatic heterocycles. The highest BCUT2D eigenvalue weighted by Gasteiger charge is 2.51. The molecule has 6 rings (SSSR count). The highest BCUT2D eigenvalue weighted by Crippen LogP contribution is 2.52. The number of rotatable bonds is 8. The van der Waals surface area contributed by atoms with Crippen LogP contribution >= 0.6 is 0 Å². The third-order valence-electron chi connectivity index (χ3n) is 9.52. The zero-order chi connectivity index (χ0) is 27.3. The van der Waals surface area contributed by atoms with E-state index in [1.807, 2.05) is 18.2 Å². The molecule has 208 valence electrons. The van der Waals surface area contributed by atoms with E-state index >= 15 is 0 Å². The van der Waals surface area contributed by atoms with Crippen LogP contribution in [0.5, 0.6) is 5.75 Å². The number of nitrogens with zero attached hydrogens (tertiary/aromatic N) is 1. The monoisotopic (exact) mass is 536 g/mol. The number of methoxy groups -OCH3 is 1. The van der Waals surface area contributed by atoms with Crippen LogP contribution in [0.3, 0.4) is 0 Å². The molecule has 10 nitrogen and oxygen atoms in total. The van der Waals surface area contributed by atoms with Crippen LogP contribution in [0.1, 0.15) is 55.4 Å². The maximum Gasteiger partial charge on any atom is 0.271 e. The second-order valence-electron chi connectivity index (χ2n) is 11.9. The lowest BCUT2D eigenvalue weighted by atomic mass is 9.82. The van der Waals surface area contributed by atoms with E-state index in [0.29, 0.717) is 31.0 Å². The molecular formula is C29H36N4O6. The second kappa shape index (κ2) is 9.97. The molecule has 2 aliphatic carbocycles. The summed E-state index contributed by atoms with van der Waals surface area (Å²) in [5.74, 6) is -0.816. The lowest BCUT2D eigenvalue weighted by molar-refractivity contribution is -0.134. The van der Waals surface area contributed by atoms with Crippen molar-refractivity contribution in [3.05, 3.63) is 30.0 Å². The Bertz CT molecular complexity index is 1320. The number of benzene rings is 1. The van der Waals surface area contributed by atoms with E-state index in [4.69, 9.17) is 4.74 Å². The number of fused-ring (bicyclic) bond motifs is 2. The van der Waals surface area contributed by atoms with Crippen LogP contribution in [0.2, 0.25) is 0 Å². The Morgan fingerprint density at radius 3 is 2.82 bits per heavy atom. The Labute approximate surface area is 226 Å². The van der Waals surface area contributed by atoms with Gasteiger partial charge in [-0.15, -0.1) is 0 Å². The SMILES string of the molecule is COc1cccc2[nH]c(C(=O)N3CC4CCCC4C3C(=O)NC(CC3CC4(CC4)CNC3=O)C(=O)CO)cc12. The van der Waals surface area contributed by atoms with Crippen molar-refractivity contribution in [2.45, 2.75) is 57.0 Å². The van der Waals surface area contributed by atoms with Gasteiger partial charge in [0, 0.05) is 29.9 Å². The van der Waals surface area contributed by atoms with Crippen LogP contribution in [0.15, 0.2) is 24.3 Å². The molecule has 2 aliphatic heterocycles. The fraction of sp³-hybridized carbons (Fsp3) is 0.586. The van der Waals surface area contributed by atoms with Gasteiger partial charge in [-0.2, -0.15) is 0 Å². The molecule has 1 aromatic carbocycles. The maximum atomic E-state index is 13.8. The first-order valence-electron chi connectivity index (χ1n) is 14.0. The van der Waals surface area contributed by atoms with E-state index in [2.05, 4.69) is 15.6 Å². The molecule has 4 N–H and O–H groups in total. The number of carbonyl (C=O) groups is 4. The van der Waals surface area contributed by atoms with Crippen molar-refractivity contribution in [3.63, 3.8) is 0 Å². The van der Waals surface area contributed by atoms with Crippen molar-refractivity contribution in [1.82, 2.24) is 20.5 Å². The third-order valence-corrected chi connectivity index (χ3v) is 9.52. The molecule has 2 saturated carbocycles. The molecule has 1 spiro atoms. The molecule has 2 aromatic rings. The molecule has 5 unspecified atom stereocenters. The smallest absolute Gasteiger partial charge is 0.271 e. The van der Waals surface area contributed by atoms with Crippen LogP contribution in [0.4, 0.5) is 0 Å². The molecular weight excluding hydrogens is 500 g/mol. The Kier molecular flexibility index (Phi) is 6.61. The average molecular weight is 537 g/mol. The summed E-state index contributed by atoms with van der Waals surface area (Å²) in [7, 11) is 1.58. The molecule has 0 bridgehead atoms. The lowest BCUT2D eigenvalue weighted by Crippen LogP contribution is -2.54. The summed E-state index contributed by atoms with van der Waals surface area (Å²) >= 11 is 0. The van der Waals surface area contributed by atoms with Crippen LogP contribution in [0, 0.1) is 23.2 Å². The summed E-state index contributed by atoms with van der Waals surface area (Å²) < 4.78 is 5.44. The van der Waals surface area contributed by atoms with Crippen molar-refractivity contribution in [2.24, 2.45) is 23.2 Å². The predicted molar refractivity (Wildman–Crippen MR) is 142 cm³/mol. The highest BCUT2D eigenvalue weighted by atomic mass is 16.5. The number of aromatic amines is 1. The minimum Gasteiger partial charge on any atom is -0.496 e. The standard InChI is InChI=1S/C29H36N4O6/c1-39-24-7-3-6-20-19(24)11-22(31-20)28(38)33-13-16-4-2-5-18(16)25(33)27(37)32-21(23(35)14-34)10-17-12-29(8-9-29)15-30-26(17)36/h3,6-7,11,16-18,21,25,31,34H,2,4-5,8-10,12-15H2,1H3,(H,30,36)(H,32,37). The molecule has 39 heavy (non-hydrogen) atoms. The number of hydrogen-bond donors (Lipinski definition) is 4. The summed E-state index contributed by atoms with van der Waals surface area (Å²) in [5.41, 5.74) is 1.26. The van der Waals surface area contributed by atoms with Gasteiger partial charge in [-0.1, -0.05) is 12.5 Å². The average Bonchev–Trinajstić information content (AvgIpc) is 3.27. The quantitative estimate of drug-likeness (QED) is 0.405. The number of H-pyrrole nitrogens is 1. The van der Waals surface area contributed by atoms with Crippen molar-refractivity contribution in [3.8, 4) is 5.75 Å². The van der Waals surface area contributed by atoms with E-state index in [-0.39, 0.29) is 35.5 Å². The number of amides is 3. The number of ether oxygens (including phenoxy) is 1. The molecule has 0 radical (unpaired) electrons. The molecule has 10 heteroatoms. The predicted octanol–water partition coefficient (Wildman–Crippen LogP) is 1.77. The van der Waals surface area contributed by atoms with E-state index in [1.165, 1.54) is 0 Å². The first-order valence-corrected chi connectivity index (χ1v) is 14.0. The van der Waals surface area contributed by atoms with Gasteiger partial charge in [-0.05, 0) is 74.0 Å². The number of aliphatic hydroxyl groups excluding tert-OH is 1. The molecule has 5 atom stereocenters. The molecule has 3 heterocycles. The Hall–Kier alpha value is -3.40. The van der Waals surface area contributed by atoms with E-state index in [1.54, 1.807) is 18.1 Å². The topological polar surface area (TPSA) is 141 Å². The normalized spacial score (nSPS) is 27.7. The number of nitrogens with one attached hydrogen (secondary N) is 3. The summed E-state index contributed by atoms with van der Waals surface area (Å²) in [6.07, 6.45) is 5.71. The van der Waals surface area contributed by atoms with Gasteiger partial charge in [-0.25, -0.2) is 0 Å². The van der Waals surface area contributed by atoms with Crippen LogP contribution < -0.4 is 15.4 Å². The van der Waals surface area contributed by atoms with Crippen molar-refractivity contribution < 1.29 is 29.0 Å². The number of aromatic nitrogens is 1. The zero-order valence-corrected chi connectivity index (χ0v) is 22.2. The number of piperidine rings is 1. The van der Waals surface area contributed by atoms with E-state index < -0.39 is 36.3 Å². The number of aliphatic hydroxyl groups is 1. The molecule has 2 saturated heterocycles. The van der Waals surface area contributed by atoms with Gasteiger partial charge >= 0.3 is 0 Å². The minimum absolute atomic E-state index is 0.00505. The summed E-state index contributed by atoms with van der Waals surface area (Å²) in [6.45, 7) is 0.413. The third kappa shape index (κ3) is 4.68. The van der Waals surface area contributed by atoms with Gasteiger partial charge in [0.05, 0.1) is 13.2 Å². The molecule has 4 aliphatic rings. The van der Waals surface area contributed by atoms with Gasteiger partial charge in [0.1, 0.15) is 24.1 Å². The van der Waals surface area contributed by atoms with Crippen molar-refractivity contribution >= 4 is 34.4 Å². The summed E-state index contributed by atoms with van der Waals surface area (Å²) in [5, 5.41) is 16.3.